The van der Waals surface area contributed by atoms with Crippen molar-refractivity contribution in [1.29, 1.82) is 0 Å². The molecule has 0 aliphatic carbocycles. The number of hydrogen-bond acceptors (Lipinski definition) is 3. The normalized spacial score (nSPS) is 12.8. The molecule has 3 rings (SSSR count). The van der Waals surface area contributed by atoms with Crippen LogP contribution in [0.2, 0.25) is 0 Å². The van der Waals surface area contributed by atoms with E-state index in [4.69, 9.17) is 4.74 Å². The molecule has 0 saturated carbocycles. The van der Waals surface area contributed by atoms with Crippen LogP contribution in [0.4, 0.5) is 0 Å². The Hall–Kier alpha value is -1.74. The third-order valence-electron chi connectivity index (χ3n) is 3.81. The van der Waals surface area contributed by atoms with E-state index in [9.17, 15) is 4.79 Å². The van der Waals surface area contributed by atoms with Gasteiger partial charge in [-0.25, -0.2) is 0 Å². The fourth-order valence-corrected chi connectivity index (χ4v) is 2.98. The van der Waals surface area contributed by atoms with Crippen LogP contribution < -0.4 is 4.74 Å². The smallest absolute Gasteiger partial charge is 0.163 e. The van der Waals surface area contributed by atoms with E-state index in [0.29, 0.717) is 6.42 Å². The van der Waals surface area contributed by atoms with Gasteiger partial charge in [-0.3, -0.25) is 4.79 Å². The maximum atomic E-state index is 12.2. The van der Waals surface area contributed by atoms with Crippen molar-refractivity contribution in [3.8, 4) is 5.75 Å². The monoisotopic (exact) mass is 298 g/mol. The molecule has 1 heterocycles. The van der Waals surface area contributed by atoms with E-state index in [-0.39, 0.29) is 5.78 Å². The van der Waals surface area contributed by atoms with E-state index in [2.05, 4.69) is 12.1 Å². The van der Waals surface area contributed by atoms with Crippen LogP contribution in [-0.2, 0) is 12.8 Å². The number of carbonyl (C=O) groups is 1. The number of hydrogen-bond donors (Lipinski definition) is 0. The van der Waals surface area contributed by atoms with Crippen LogP contribution >= 0.6 is 11.8 Å². The number of benzene rings is 2. The second-order valence-electron chi connectivity index (χ2n) is 5.19. The van der Waals surface area contributed by atoms with Crippen molar-refractivity contribution in [2.75, 3.05) is 12.9 Å². The summed E-state index contributed by atoms with van der Waals surface area (Å²) in [6.45, 7) is 0.777. The van der Waals surface area contributed by atoms with Gasteiger partial charge in [-0.05, 0) is 42.0 Å². The maximum Gasteiger partial charge on any atom is 0.163 e. The summed E-state index contributed by atoms with van der Waals surface area (Å²) in [4.78, 5) is 13.4. The molecule has 0 N–H and O–H groups in total. The van der Waals surface area contributed by atoms with E-state index in [0.717, 1.165) is 30.8 Å². The zero-order valence-electron chi connectivity index (χ0n) is 12.1. The fraction of sp³-hybridized carbons (Fsp3) is 0.278. The predicted octanol–water partition coefficient (Wildman–Crippen LogP) is 4.16. The molecule has 0 bridgehead atoms. The molecule has 0 radical (unpaired) electrons. The van der Waals surface area contributed by atoms with Gasteiger partial charge in [0.2, 0.25) is 0 Å². The molecule has 21 heavy (non-hydrogen) atoms. The summed E-state index contributed by atoms with van der Waals surface area (Å²) >= 11 is 1.69. The van der Waals surface area contributed by atoms with Crippen LogP contribution in [-0.4, -0.2) is 18.6 Å². The van der Waals surface area contributed by atoms with Gasteiger partial charge in [-0.1, -0.05) is 24.3 Å². The molecule has 2 nitrogen and oxygen atoms in total. The zero-order chi connectivity index (χ0) is 14.7. The highest BCUT2D eigenvalue weighted by Crippen LogP contribution is 2.26. The number of rotatable bonds is 5. The van der Waals surface area contributed by atoms with Gasteiger partial charge >= 0.3 is 0 Å². The molecule has 0 amide bonds. The minimum Gasteiger partial charge on any atom is -0.493 e. The van der Waals surface area contributed by atoms with Gasteiger partial charge in [0.25, 0.3) is 0 Å². The summed E-state index contributed by atoms with van der Waals surface area (Å²) in [5, 5.41) is 0. The van der Waals surface area contributed by atoms with E-state index >= 15 is 0 Å². The lowest BCUT2D eigenvalue weighted by atomic mass is 10.0. The maximum absolute atomic E-state index is 12.2. The summed E-state index contributed by atoms with van der Waals surface area (Å²) in [5.41, 5.74) is 3.29. The van der Waals surface area contributed by atoms with E-state index in [1.807, 2.05) is 36.6 Å². The van der Waals surface area contributed by atoms with Gasteiger partial charge in [-0.2, -0.15) is 0 Å². The van der Waals surface area contributed by atoms with Gasteiger partial charge < -0.3 is 4.74 Å². The van der Waals surface area contributed by atoms with Crippen molar-refractivity contribution in [3.63, 3.8) is 0 Å². The van der Waals surface area contributed by atoms with E-state index < -0.39 is 0 Å². The van der Waals surface area contributed by atoms with Gasteiger partial charge in [0, 0.05) is 23.3 Å². The largest absolute Gasteiger partial charge is 0.493 e. The molecule has 108 valence electrons. The van der Waals surface area contributed by atoms with Crippen molar-refractivity contribution in [3.05, 3.63) is 59.2 Å². The zero-order valence-corrected chi connectivity index (χ0v) is 12.9. The van der Waals surface area contributed by atoms with Crippen LogP contribution in [0.15, 0.2) is 47.4 Å². The first-order chi connectivity index (χ1) is 10.3. The summed E-state index contributed by atoms with van der Waals surface area (Å²) in [7, 11) is 0. The van der Waals surface area contributed by atoms with E-state index in [1.54, 1.807) is 11.8 Å². The number of thioether (sulfide) groups is 1. The predicted molar refractivity (Wildman–Crippen MR) is 86.5 cm³/mol. The molecule has 0 fully saturated rings. The van der Waals surface area contributed by atoms with Crippen LogP contribution in [0, 0.1) is 0 Å². The molecule has 0 spiro atoms. The number of Topliss-reactive ketones (excluding diaryl/α,β-unsaturated/α-hetero) is 1. The Morgan fingerprint density at radius 1 is 1.19 bits per heavy atom. The first kappa shape index (κ1) is 14.2. The van der Waals surface area contributed by atoms with Crippen LogP contribution in [0.3, 0.4) is 0 Å². The highest BCUT2D eigenvalue weighted by atomic mass is 32.2. The molecular formula is C18H18O2S. The summed E-state index contributed by atoms with van der Waals surface area (Å²) in [6, 6.07) is 14.1. The highest BCUT2D eigenvalue weighted by molar-refractivity contribution is 7.98. The number of carbonyl (C=O) groups excluding carboxylic acids is 1. The van der Waals surface area contributed by atoms with Crippen molar-refractivity contribution >= 4 is 17.5 Å². The van der Waals surface area contributed by atoms with Gasteiger partial charge in [0.05, 0.1) is 6.61 Å². The Kier molecular flexibility index (Phi) is 4.30. The molecule has 1 aliphatic heterocycles. The number of ketones is 1. The summed E-state index contributed by atoms with van der Waals surface area (Å²) < 4.78 is 5.50. The van der Waals surface area contributed by atoms with Crippen molar-refractivity contribution in [2.45, 2.75) is 24.2 Å². The first-order valence-corrected chi connectivity index (χ1v) is 8.40. The molecule has 0 aromatic heterocycles. The minimum absolute atomic E-state index is 0.208. The topological polar surface area (TPSA) is 26.3 Å². The quantitative estimate of drug-likeness (QED) is 0.612. The van der Waals surface area contributed by atoms with Crippen LogP contribution in [0.1, 0.15) is 27.9 Å². The Morgan fingerprint density at radius 3 is 2.76 bits per heavy atom. The molecule has 1 aliphatic rings. The van der Waals surface area contributed by atoms with E-state index in [1.165, 1.54) is 16.0 Å². The number of fused-ring (bicyclic) bond motifs is 1. The lowest BCUT2D eigenvalue weighted by molar-refractivity contribution is 0.0983. The third kappa shape index (κ3) is 3.30. The lowest BCUT2D eigenvalue weighted by Crippen LogP contribution is -2.01. The number of aryl methyl sites for hydroxylation is 1. The average molecular weight is 298 g/mol. The molecular weight excluding hydrogens is 280 g/mol. The van der Waals surface area contributed by atoms with Gasteiger partial charge in [-0.15, -0.1) is 11.8 Å². The fourth-order valence-electron chi connectivity index (χ4n) is 2.57. The molecule has 2 aromatic rings. The molecule has 2 aromatic carbocycles. The summed E-state index contributed by atoms with van der Waals surface area (Å²) in [6.07, 6.45) is 4.36. The second kappa shape index (κ2) is 6.35. The lowest BCUT2D eigenvalue weighted by Gasteiger charge is -2.05. The van der Waals surface area contributed by atoms with Crippen LogP contribution in [0.5, 0.6) is 5.75 Å². The standard InChI is InChI=1S/C18H18O2S/c1-21-16-6-4-14(5-7-16)17(19)8-2-13-3-9-18-15(12-13)10-11-20-18/h3-7,9,12H,2,8,10-11H2,1H3. The van der Waals surface area contributed by atoms with Crippen LogP contribution in [0.25, 0.3) is 0 Å². The molecule has 3 heteroatoms. The Labute approximate surface area is 129 Å². The van der Waals surface area contributed by atoms with Crippen molar-refractivity contribution < 1.29 is 9.53 Å². The minimum atomic E-state index is 0.208. The third-order valence-corrected chi connectivity index (χ3v) is 4.55. The van der Waals surface area contributed by atoms with Crippen molar-refractivity contribution in [1.82, 2.24) is 0 Å². The summed E-state index contributed by atoms with van der Waals surface area (Å²) in [5.74, 6) is 1.21. The molecule has 0 unspecified atom stereocenters. The Bertz CT molecular complexity index is 647. The Morgan fingerprint density at radius 2 is 2.00 bits per heavy atom. The van der Waals surface area contributed by atoms with Gasteiger partial charge in [0.15, 0.2) is 5.78 Å². The van der Waals surface area contributed by atoms with Crippen molar-refractivity contribution in [2.24, 2.45) is 0 Å². The Balaban J connectivity index is 1.62. The molecule has 0 atom stereocenters. The first-order valence-electron chi connectivity index (χ1n) is 7.18. The SMILES string of the molecule is CSc1ccc(C(=O)CCc2ccc3c(c2)CCO3)cc1. The average Bonchev–Trinajstić information content (AvgIpc) is 3.00. The highest BCUT2D eigenvalue weighted by Gasteiger charge is 2.13. The number of ether oxygens (including phenoxy) is 1. The second-order valence-corrected chi connectivity index (χ2v) is 6.07. The van der Waals surface area contributed by atoms with Gasteiger partial charge in [0.1, 0.15) is 5.75 Å². The molecule has 0 saturated heterocycles.